The van der Waals surface area contributed by atoms with E-state index < -0.39 is 37.1 Å². The molecule has 1 unspecified atom stereocenters. The summed E-state index contributed by atoms with van der Waals surface area (Å²) >= 11 is 3.25. The number of amides is 2. The summed E-state index contributed by atoms with van der Waals surface area (Å²) in [5.41, 5.74) is 0.120. The Balaban J connectivity index is 1.94. The molecule has 9 heteroatoms. The molecule has 0 radical (unpaired) electrons. The van der Waals surface area contributed by atoms with Crippen LogP contribution in [0.2, 0.25) is 0 Å². The van der Waals surface area contributed by atoms with Crippen LogP contribution in [0.15, 0.2) is 53.0 Å². The summed E-state index contributed by atoms with van der Waals surface area (Å²) in [5, 5.41) is 2.41. The number of nitrogens with one attached hydrogen (secondary N) is 1. The minimum Gasteiger partial charge on any atom is -0.483 e. The van der Waals surface area contributed by atoms with Crippen LogP contribution in [0.1, 0.15) is 6.42 Å². The zero-order chi connectivity index (χ0) is 19.6. The van der Waals surface area contributed by atoms with E-state index in [-0.39, 0.29) is 11.4 Å². The minimum absolute atomic E-state index is 0.0218. The average molecular weight is 443 g/mol. The second kappa shape index (κ2) is 7.59. The van der Waals surface area contributed by atoms with Gasteiger partial charge < -0.3 is 10.1 Å². The Morgan fingerprint density at radius 3 is 2.56 bits per heavy atom. The maximum Gasteiger partial charge on any atom is 0.409 e. The molecule has 0 aliphatic carbocycles. The Labute approximate surface area is 161 Å². The molecule has 0 spiro atoms. The molecule has 0 aromatic heterocycles. The summed E-state index contributed by atoms with van der Waals surface area (Å²) in [6.45, 7) is -0.613. The van der Waals surface area contributed by atoms with Gasteiger partial charge in [0, 0.05) is 0 Å². The van der Waals surface area contributed by atoms with Gasteiger partial charge >= 0.3 is 6.18 Å². The van der Waals surface area contributed by atoms with Crippen LogP contribution in [0.4, 0.5) is 24.5 Å². The van der Waals surface area contributed by atoms with E-state index in [1.807, 2.05) is 0 Å². The van der Waals surface area contributed by atoms with Crippen LogP contribution in [0.25, 0.3) is 0 Å². The van der Waals surface area contributed by atoms with Crippen molar-refractivity contribution in [1.82, 2.24) is 0 Å². The van der Waals surface area contributed by atoms with E-state index >= 15 is 0 Å². The molecule has 0 saturated heterocycles. The van der Waals surface area contributed by atoms with Crippen molar-refractivity contribution in [1.29, 1.82) is 0 Å². The van der Waals surface area contributed by atoms with Gasteiger partial charge in [-0.25, -0.2) is 0 Å². The molecule has 1 heterocycles. The highest BCUT2D eigenvalue weighted by Gasteiger charge is 2.49. The van der Waals surface area contributed by atoms with Crippen LogP contribution in [-0.4, -0.2) is 30.6 Å². The van der Waals surface area contributed by atoms with Gasteiger partial charge in [-0.2, -0.15) is 13.2 Å². The molecule has 142 valence electrons. The number of fused-ring (bicyclic) bond motifs is 1. The van der Waals surface area contributed by atoms with Crippen LogP contribution in [0.3, 0.4) is 0 Å². The number of hydrogen-bond donors (Lipinski definition) is 1. The predicted molar refractivity (Wildman–Crippen MR) is 96.7 cm³/mol. The Kier molecular flexibility index (Phi) is 5.41. The first-order valence-corrected chi connectivity index (χ1v) is 8.71. The van der Waals surface area contributed by atoms with Crippen molar-refractivity contribution >= 4 is 39.1 Å². The van der Waals surface area contributed by atoms with Gasteiger partial charge in [-0.1, -0.05) is 24.3 Å². The Hall–Kier alpha value is -2.55. The fourth-order valence-electron chi connectivity index (χ4n) is 2.77. The first-order valence-electron chi connectivity index (χ1n) is 7.92. The number of hydrogen-bond acceptors (Lipinski definition) is 3. The van der Waals surface area contributed by atoms with Crippen LogP contribution in [0.5, 0.6) is 5.75 Å². The largest absolute Gasteiger partial charge is 0.483 e. The van der Waals surface area contributed by atoms with Gasteiger partial charge in [-0.15, -0.1) is 0 Å². The van der Waals surface area contributed by atoms with E-state index in [4.69, 9.17) is 4.74 Å². The fraction of sp³-hybridized carbons (Fsp3) is 0.222. The zero-order valence-electron chi connectivity index (χ0n) is 13.8. The number of ether oxygens (including phenoxy) is 1. The van der Waals surface area contributed by atoms with Gasteiger partial charge in [0.15, 0.2) is 6.61 Å². The summed E-state index contributed by atoms with van der Waals surface area (Å²) in [5.74, 6) is -1.39. The first kappa shape index (κ1) is 19.2. The number of halogens is 4. The van der Waals surface area contributed by atoms with E-state index in [9.17, 15) is 22.8 Å². The summed E-state index contributed by atoms with van der Waals surface area (Å²) in [6, 6.07) is 10.3. The van der Waals surface area contributed by atoms with Crippen molar-refractivity contribution in [3.8, 4) is 5.75 Å². The molecule has 0 saturated carbocycles. The van der Waals surface area contributed by atoms with Crippen molar-refractivity contribution in [3.05, 3.63) is 53.0 Å². The summed E-state index contributed by atoms with van der Waals surface area (Å²) in [7, 11) is 0. The molecule has 1 atom stereocenters. The molecular formula is C18H14BrF3N2O3. The van der Waals surface area contributed by atoms with Crippen LogP contribution in [-0.2, 0) is 9.59 Å². The number of rotatable bonds is 3. The van der Waals surface area contributed by atoms with E-state index in [1.54, 1.807) is 30.3 Å². The molecule has 1 aliphatic rings. The highest BCUT2D eigenvalue weighted by Crippen LogP contribution is 2.37. The Bertz CT molecular complexity index is 873. The fourth-order valence-corrected chi connectivity index (χ4v) is 3.17. The lowest BCUT2D eigenvalue weighted by Gasteiger charge is -2.31. The third-order valence-corrected chi connectivity index (χ3v) is 4.62. The highest BCUT2D eigenvalue weighted by molar-refractivity contribution is 9.10. The van der Waals surface area contributed by atoms with Gasteiger partial charge in [0.05, 0.1) is 22.3 Å². The van der Waals surface area contributed by atoms with Gasteiger partial charge in [-0.3, -0.25) is 14.5 Å². The van der Waals surface area contributed by atoms with Crippen LogP contribution in [0, 0.1) is 0 Å². The van der Waals surface area contributed by atoms with Crippen LogP contribution >= 0.6 is 15.9 Å². The topological polar surface area (TPSA) is 58.6 Å². The molecule has 2 amide bonds. The van der Waals surface area contributed by atoms with Crippen molar-refractivity contribution < 1.29 is 27.5 Å². The molecule has 3 rings (SSSR count). The van der Waals surface area contributed by atoms with E-state index in [1.165, 1.54) is 18.2 Å². The molecule has 1 N–H and O–H groups in total. The zero-order valence-corrected chi connectivity index (χ0v) is 15.4. The predicted octanol–water partition coefficient (Wildman–Crippen LogP) is 4.13. The lowest BCUT2D eigenvalue weighted by Crippen LogP contribution is -2.51. The molecule has 27 heavy (non-hydrogen) atoms. The standard InChI is InChI=1S/C18H14BrF3N2O3/c19-11-5-1-4-8-14(11)27-10-17(26)24-13-7-3-2-6-12(13)23-16(25)9-15(24)18(20,21)22/h1-8,15H,9-10H2,(H,23,25). The number of carbonyl (C=O) groups excluding carboxylic acids is 2. The summed E-state index contributed by atoms with van der Waals surface area (Å²) in [4.78, 5) is 25.2. The Morgan fingerprint density at radius 2 is 1.85 bits per heavy atom. The maximum absolute atomic E-state index is 13.6. The molecule has 2 aromatic carbocycles. The highest BCUT2D eigenvalue weighted by atomic mass is 79.9. The van der Waals surface area contributed by atoms with Crippen LogP contribution < -0.4 is 15.0 Å². The maximum atomic E-state index is 13.6. The van der Waals surface area contributed by atoms with Crippen molar-refractivity contribution in [2.24, 2.45) is 0 Å². The second-order valence-electron chi connectivity index (χ2n) is 5.81. The third-order valence-electron chi connectivity index (χ3n) is 3.96. The molecule has 1 aliphatic heterocycles. The van der Waals surface area contributed by atoms with Crippen molar-refractivity contribution in [3.63, 3.8) is 0 Å². The molecule has 5 nitrogen and oxygen atoms in total. The number of carbonyl (C=O) groups is 2. The van der Waals surface area contributed by atoms with Crippen molar-refractivity contribution in [2.75, 3.05) is 16.8 Å². The van der Waals surface area contributed by atoms with E-state index in [0.29, 0.717) is 15.1 Å². The monoisotopic (exact) mass is 442 g/mol. The number of para-hydroxylation sites is 3. The van der Waals surface area contributed by atoms with Gasteiger partial charge in [0.25, 0.3) is 5.91 Å². The normalized spacial score (nSPS) is 17.0. The smallest absolute Gasteiger partial charge is 0.409 e. The third kappa shape index (κ3) is 4.24. The number of anilines is 2. The number of alkyl halides is 3. The minimum atomic E-state index is -4.78. The summed E-state index contributed by atoms with van der Waals surface area (Å²) in [6.07, 6.45) is -5.67. The molecule has 2 aromatic rings. The number of nitrogens with zero attached hydrogens (tertiary/aromatic N) is 1. The lowest BCUT2D eigenvalue weighted by atomic mass is 10.1. The molecular weight excluding hydrogens is 429 g/mol. The Morgan fingerprint density at radius 1 is 1.19 bits per heavy atom. The number of benzene rings is 2. The van der Waals surface area contributed by atoms with Gasteiger partial charge in [0.2, 0.25) is 5.91 Å². The lowest BCUT2D eigenvalue weighted by molar-refractivity contribution is -0.158. The van der Waals surface area contributed by atoms with Gasteiger partial charge in [0.1, 0.15) is 11.8 Å². The van der Waals surface area contributed by atoms with Gasteiger partial charge in [-0.05, 0) is 40.2 Å². The first-order chi connectivity index (χ1) is 12.8. The molecule has 0 fully saturated rings. The van der Waals surface area contributed by atoms with Crippen molar-refractivity contribution in [2.45, 2.75) is 18.6 Å². The molecule has 0 bridgehead atoms. The summed E-state index contributed by atoms with van der Waals surface area (Å²) < 4.78 is 46.8. The quantitative estimate of drug-likeness (QED) is 0.777. The SMILES string of the molecule is O=C1CC(C(F)(F)F)N(C(=O)COc2ccccc2Br)c2ccccc2N1. The van der Waals surface area contributed by atoms with E-state index in [2.05, 4.69) is 21.2 Å². The van der Waals surface area contributed by atoms with E-state index in [0.717, 1.165) is 0 Å². The second-order valence-corrected chi connectivity index (χ2v) is 6.66. The average Bonchev–Trinajstić information content (AvgIpc) is 2.76.